The average molecular weight is 578 g/mol. The molecule has 4 rings (SSSR count). The Bertz CT molecular complexity index is 1380. The van der Waals surface area contributed by atoms with Crippen LogP contribution >= 0.6 is 15.9 Å². The van der Waals surface area contributed by atoms with Gasteiger partial charge in [-0.3, -0.25) is 4.79 Å². The number of ether oxygens (including phenoxy) is 1. The molecule has 1 aromatic heterocycles. The summed E-state index contributed by atoms with van der Waals surface area (Å²) in [6, 6.07) is 19.6. The number of methoxy groups -OCH3 is 1. The normalized spacial score (nSPS) is 11.3. The topological polar surface area (TPSA) is 80.5 Å². The number of aryl methyl sites for hydroxylation is 2. The van der Waals surface area contributed by atoms with Crippen molar-refractivity contribution in [1.29, 1.82) is 0 Å². The number of rotatable bonds is 10. The van der Waals surface area contributed by atoms with E-state index in [-0.39, 0.29) is 5.56 Å². The number of benzene rings is 3. The number of anilines is 1. The summed E-state index contributed by atoms with van der Waals surface area (Å²) in [5.41, 5.74) is 2.24. The molecule has 4 aromatic rings. The summed E-state index contributed by atoms with van der Waals surface area (Å²) in [5, 5.41) is 6.38. The molecule has 0 aliphatic rings. The maximum absolute atomic E-state index is 15.0. The lowest BCUT2D eigenvalue weighted by atomic mass is 9.98. The second kappa shape index (κ2) is 13.5. The summed E-state index contributed by atoms with van der Waals surface area (Å²) in [5.74, 6) is 0.0486. The van der Waals surface area contributed by atoms with Crippen LogP contribution in [0.3, 0.4) is 0 Å². The Morgan fingerprint density at radius 3 is 2.71 bits per heavy atom. The number of aliphatic imine (C=N–C) groups is 1. The zero-order valence-electron chi connectivity index (χ0n) is 21.0. The first kappa shape index (κ1) is 27.1. The van der Waals surface area contributed by atoms with E-state index in [1.807, 2.05) is 59.3 Å². The van der Waals surface area contributed by atoms with E-state index in [9.17, 15) is 9.18 Å². The second-order valence-electron chi connectivity index (χ2n) is 8.56. The van der Waals surface area contributed by atoms with Gasteiger partial charge in [0.1, 0.15) is 11.6 Å². The van der Waals surface area contributed by atoms with E-state index in [0.29, 0.717) is 36.7 Å². The molecular weight excluding hydrogens is 549 g/mol. The number of hydrogen-bond acceptors (Lipinski definition) is 3. The number of amides is 1. The fraction of sp³-hybridized carbons (Fsp3) is 0.207. The minimum Gasteiger partial charge on any atom is -0.496 e. The minimum atomic E-state index is -0.527. The van der Waals surface area contributed by atoms with Gasteiger partial charge in [-0.2, -0.15) is 4.99 Å². The third-order valence-corrected chi connectivity index (χ3v) is 6.42. The van der Waals surface area contributed by atoms with Crippen molar-refractivity contribution in [3.05, 3.63) is 112 Å². The second-order valence-corrected chi connectivity index (χ2v) is 9.48. The van der Waals surface area contributed by atoms with E-state index >= 15 is 0 Å². The van der Waals surface area contributed by atoms with Crippen molar-refractivity contribution in [2.75, 3.05) is 19.0 Å². The molecule has 1 heterocycles. The van der Waals surface area contributed by atoms with Gasteiger partial charge >= 0.3 is 0 Å². The first-order chi connectivity index (χ1) is 18.5. The zero-order valence-corrected chi connectivity index (χ0v) is 22.6. The maximum Gasteiger partial charge on any atom is 0.280 e. The Balaban J connectivity index is 1.53. The molecule has 0 aliphatic carbocycles. The number of aromatic nitrogens is 2. The lowest BCUT2D eigenvalue weighted by molar-refractivity contribution is 0.100. The van der Waals surface area contributed by atoms with Crippen LogP contribution in [0.1, 0.15) is 27.9 Å². The molecule has 196 valence electrons. The molecule has 0 atom stereocenters. The number of carbonyl (C=O) groups is 1. The van der Waals surface area contributed by atoms with Gasteiger partial charge < -0.3 is 19.9 Å². The molecule has 0 radical (unpaired) electrons. The molecule has 38 heavy (non-hydrogen) atoms. The summed E-state index contributed by atoms with van der Waals surface area (Å²) in [6.45, 7) is 1.34. The van der Waals surface area contributed by atoms with Gasteiger partial charge in [-0.15, -0.1) is 0 Å². The molecule has 0 aliphatic heterocycles. The number of imidazole rings is 1. The van der Waals surface area contributed by atoms with Gasteiger partial charge in [-0.25, -0.2) is 9.37 Å². The van der Waals surface area contributed by atoms with Gasteiger partial charge in [0.25, 0.3) is 5.91 Å². The maximum atomic E-state index is 15.0. The summed E-state index contributed by atoms with van der Waals surface area (Å²) < 4.78 is 23.3. The fourth-order valence-corrected chi connectivity index (χ4v) is 4.44. The molecular formula is C29H29BrFN5O2. The van der Waals surface area contributed by atoms with Gasteiger partial charge in [0.2, 0.25) is 5.96 Å². The Morgan fingerprint density at radius 1 is 1.11 bits per heavy atom. The highest BCUT2D eigenvalue weighted by atomic mass is 79.9. The Labute approximate surface area is 229 Å². The SMILES string of the molecule is COc1ccc(Br)cc1CCc1c(F)cccc1C(=O)/N=C(\NCCCn1ccnc1)Nc1ccccc1. The van der Waals surface area contributed by atoms with Gasteiger partial charge in [0, 0.05) is 46.8 Å². The quantitative estimate of drug-likeness (QED) is 0.140. The molecule has 0 saturated carbocycles. The smallest absolute Gasteiger partial charge is 0.280 e. The van der Waals surface area contributed by atoms with Crippen molar-refractivity contribution in [3.8, 4) is 5.75 Å². The van der Waals surface area contributed by atoms with Crippen molar-refractivity contribution in [3.63, 3.8) is 0 Å². The summed E-state index contributed by atoms with van der Waals surface area (Å²) in [4.78, 5) is 21.7. The van der Waals surface area contributed by atoms with Crippen molar-refractivity contribution in [2.24, 2.45) is 4.99 Å². The highest BCUT2D eigenvalue weighted by Gasteiger charge is 2.17. The Morgan fingerprint density at radius 2 is 1.95 bits per heavy atom. The van der Waals surface area contributed by atoms with Crippen molar-refractivity contribution in [2.45, 2.75) is 25.8 Å². The fourth-order valence-electron chi connectivity index (χ4n) is 4.03. The van der Waals surface area contributed by atoms with Crippen molar-refractivity contribution < 1.29 is 13.9 Å². The lowest BCUT2D eigenvalue weighted by Gasteiger charge is -2.14. The van der Waals surface area contributed by atoms with Crippen LogP contribution in [0.5, 0.6) is 5.75 Å². The van der Waals surface area contributed by atoms with E-state index in [0.717, 1.165) is 28.7 Å². The first-order valence-corrected chi connectivity index (χ1v) is 13.1. The number of carbonyl (C=O) groups excluding carboxylic acids is 1. The number of hydrogen-bond donors (Lipinski definition) is 2. The number of nitrogens with zero attached hydrogens (tertiary/aromatic N) is 3. The standard InChI is InChI=1S/C29H29BrFN5O2/c1-38-27-14-12-22(30)19-21(27)11-13-24-25(9-5-10-26(24)31)28(37)35-29(34-23-7-3-2-4-8-23)33-15-6-17-36-18-16-32-20-36/h2-5,7-10,12,14,16,18-20H,6,11,13,15,17H2,1H3,(H2,33,34,35,37). The summed E-state index contributed by atoms with van der Waals surface area (Å²) in [6.07, 6.45) is 7.00. The Hall–Kier alpha value is -3.98. The molecule has 0 bridgehead atoms. The zero-order chi connectivity index (χ0) is 26.7. The van der Waals surface area contributed by atoms with Crippen molar-refractivity contribution in [1.82, 2.24) is 14.9 Å². The largest absolute Gasteiger partial charge is 0.496 e. The highest BCUT2D eigenvalue weighted by molar-refractivity contribution is 9.10. The van der Waals surface area contributed by atoms with Crippen LogP contribution in [0.2, 0.25) is 0 Å². The molecule has 1 amide bonds. The van der Waals surface area contributed by atoms with Crippen LogP contribution in [0.15, 0.2) is 94.9 Å². The molecule has 0 spiro atoms. The third-order valence-electron chi connectivity index (χ3n) is 5.93. The molecule has 0 fully saturated rings. The third kappa shape index (κ3) is 7.52. The lowest BCUT2D eigenvalue weighted by Crippen LogP contribution is -2.33. The number of halogens is 2. The molecule has 3 aromatic carbocycles. The predicted octanol–water partition coefficient (Wildman–Crippen LogP) is 5.87. The van der Waals surface area contributed by atoms with E-state index < -0.39 is 11.7 Å². The summed E-state index contributed by atoms with van der Waals surface area (Å²) in [7, 11) is 1.60. The van der Waals surface area contributed by atoms with E-state index in [2.05, 4.69) is 36.5 Å². The van der Waals surface area contributed by atoms with E-state index in [4.69, 9.17) is 4.74 Å². The van der Waals surface area contributed by atoms with Crippen LogP contribution in [0.4, 0.5) is 10.1 Å². The van der Waals surface area contributed by atoms with Gasteiger partial charge in [0.15, 0.2) is 0 Å². The first-order valence-electron chi connectivity index (χ1n) is 12.3. The number of para-hydroxylation sites is 1. The Kier molecular flexibility index (Phi) is 9.64. The molecule has 0 unspecified atom stereocenters. The monoisotopic (exact) mass is 577 g/mol. The van der Waals surface area contributed by atoms with Crippen LogP contribution in [0.25, 0.3) is 0 Å². The molecule has 9 heteroatoms. The van der Waals surface area contributed by atoms with Crippen LogP contribution in [-0.4, -0.2) is 35.1 Å². The molecule has 7 nitrogen and oxygen atoms in total. The van der Waals surface area contributed by atoms with E-state index in [1.165, 1.54) is 12.1 Å². The van der Waals surface area contributed by atoms with Gasteiger partial charge in [-0.05, 0) is 67.3 Å². The summed E-state index contributed by atoms with van der Waals surface area (Å²) >= 11 is 3.48. The number of nitrogens with one attached hydrogen (secondary N) is 2. The van der Waals surface area contributed by atoms with Gasteiger partial charge in [-0.1, -0.05) is 40.2 Å². The number of guanidine groups is 1. The minimum absolute atomic E-state index is 0.228. The van der Waals surface area contributed by atoms with Crippen LogP contribution < -0.4 is 15.4 Å². The van der Waals surface area contributed by atoms with Crippen LogP contribution in [-0.2, 0) is 19.4 Å². The average Bonchev–Trinajstić information content (AvgIpc) is 3.44. The van der Waals surface area contributed by atoms with Gasteiger partial charge in [0.05, 0.1) is 13.4 Å². The highest BCUT2D eigenvalue weighted by Crippen LogP contribution is 2.26. The molecule has 0 saturated heterocycles. The van der Waals surface area contributed by atoms with E-state index in [1.54, 1.807) is 25.7 Å². The predicted molar refractivity (Wildman–Crippen MR) is 151 cm³/mol. The van der Waals surface area contributed by atoms with Crippen molar-refractivity contribution >= 4 is 33.5 Å². The molecule has 2 N–H and O–H groups in total. The van der Waals surface area contributed by atoms with Crippen LogP contribution in [0, 0.1) is 5.82 Å².